The number of carbonyl (C=O) groups is 2. The third-order valence-electron chi connectivity index (χ3n) is 3.91. The van der Waals surface area contributed by atoms with Crippen LogP contribution < -0.4 is 15.5 Å². The van der Waals surface area contributed by atoms with Crippen molar-refractivity contribution in [2.45, 2.75) is 13.8 Å². The number of benzene rings is 2. The second kappa shape index (κ2) is 8.39. The van der Waals surface area contributed by atoms with Gasteiger partial charge in [0.15, 0.2) is 13.1 Å². The first-order valence-corrected chi connectivity index (χ1v) is 8.08. The summed E-state index contributed by atoms with van der Waals surface area (Å²) in [5, 5.41) is 5.49. The zero-order chi connectivity index (χ0) is 18.4. The normalized spacial score (nSPS) is 11.7. The molecule has 2 amide bonds. The SMILES string of the molecule is Cc1cccc(NC(=O)C[NH+](C)CC(=O)Nc2cccc(F)c2)c1C. The highest BCUT2D eigenvalue weighted by Gasteiger charge is 2.15. The van der Waals surface area contributed by atoms with Gasteiger partial charge in [0.1, 0.15) is 5.82 Å². The van der Waals surface area contributed by atoms with E-state index in [4.69, 9.17) is 0 Å². The highest BCUT2D eigenvalue weighted by molar-refractivity contribution is 5.93. The van der Waals surface area contributed by atoms with E-state index >= 15 is 0 Å². The molecule has 6 heteroatoms. The van der Waals surface area contributed by atoms with E-state index in [1.807, 2.05) is 32.0 Å². The minimum Gasteiger partial charge on any atom is -0.322 e. The van der Waals surface area contributed by atoms with Gasteiger partial charge in [0, 0.05) is 11.4 Å². The van der Waals surface area contributed by atoms with Crippen LogP contribution in [-0.4, -0.2) is 32.0 Å². The molecule has 0 saturated carbocycles. The molecule has 2 rings (SSSR count). The molecule has 25 heavy (non-hydrogen) atoms. The van der Waals surface area contributed by atoms with Crippen LogP contribution in [0.4, 0.5) is 15.8 Å². The number of aryl methyl sites for hydroxylation is 1. The fourth-order valence-corrected chi connectivity index (χ4v) is 2.46. The number of hydrogen-bond acceptors (Lipinski definition) is 2. The maximum absolute atomic E-state index is 13.1. The Hall–Kier alpha value is -2.73. The number of anilines is 2. The van der Waals surface area contributed by atoms with Crippen LogP contribution in [0, 0.1) is 19.7 Å². The van der Waals surface area contributed by atoms with Crippen molar-refractivity contribution in [1.82, 2.24) is 0 Å². The lowest BCUT2D eigenvalue weighted by Crippen LogP contribution is -3.11. The van der Waals surface area contributed by atoms with E-state index in [0.717, 1.165) is 21.7 Å². The lowest BCUT2D eigenvalue weighted by Gasteiger charge is -2.15. The Balaban J connectivity index is 1.84. The van der Waals surface area contributed by atoms with E-state index in [9.17, 15) is 14.0 Å². The molecular formula is C19H23FN3O2+. The summed E-state index contributed by atoms with van der Waals surface area (Å²) < 4.78 is 13.1. The molecular weight excluding hydrogens is 321 g/mol. The maximum Gasteiger partial charge on any atom is 0.279 e. The van der Waals surface area contributed by atoms with E-state index in [0.29, 0.717) is 5.69 Å². The standard InChI is InChI=1S/C19H22FN3O2/c1-13-6-4-9-17(14(13)2)22-19(25)12-23(3)11-18(24)21-16-8-5-7-15(20)10-16/h4-10H,11-12H2,1-3H3,(H,21,24)(H,22,25)/p+1. The van der Waals surface area contributed by atoms with Crippen molar-refractivity contribution < 1.29 is 18.9 Å². The highest BCUT2D eigenvalue weighted by Crippen LogP contribution is 2.17. The summed E-state index contributed by atoms with van der Waals surface area (Å²) in [4.78, 5) is 24.9. The molecule has 0 saturated heterocycles. The number of amides is 2. The fraction of sp³-hybridized carbons (Fsp3) is 0.263. The third kappa shape index (κ3) is 5.69. The first kappa shape index (κ1) is 18.6. The zero-order valence-electron chi connectivity index (χ0n) is 14.7. The predicted octanol–water partition coefficient (Wildman–Crippen LogP) is 1.53. The molecule has 2 aromatic carbocycles. The van der Waals surface area contributed by atoms with Gasteiger partial charge >= 0.3 is 0 Å². The molecule has 0 radical (unpaired) electrons. The number of likely N-dealkylation sites (N-methyl/N-ethyl adjacent to an activating group) is 1. The molecule has 0 aliphatic heterocycles. The average Bonchev–Trinajstić information content (AvgIpc) is 2.51. The topological polar surface area (TPSA) is 62.6 Å². The summed E-state index contributed by atoms with van der Waals surface area (Å²) in [6.45, 7) is 4.20. The molecule has 0 aliphatic rings. The molecule has 3 N–H and O–H groups in total. The Labute approximate surface area is 146 Å². The van der Waals surface area contributed by atoms with Crippen LogP contribution >= 0.6 is 0 Å². The molecule has 2 aromatic rings. The molecule has 0 aliphatic carbocycles. The molecule has 0 spiro atoms. The number of carbonyl (C=O) groups excluding carboxylic acids is 2. The van der Waals surface area contributed by atoms with Crippen LogP contribution in [0.1, 0.15) is 11.1 Å². The van der Waals surface area contributed by atoms with Crippen LogP contribution in [0.3, 0.4) is 0 Å². The van der Waals surface area contributed by atoms with Crippen molar-refractivity contribution in [3.63, 3.8) is 0 Å². The molecule has 0 fully saturated rings. The second-order valence-corrected chi connectivity index (χ2v) is 6.16. The molecule has 0 heterocycles. The van der Waals surface area contributed by atoms with Crippen molar-refractivity contribution >= 4 is 23.2 Å². The van der Waals surface area contributed by atoms with Gasteiger partial charge in [-0.05, 0) is 49.2 Å². The molecule has 0 aromatic heterocycles. The number of nitrogens with one attached hydrogen (secondary N) is 3. The first-order valence-electron chi connectivity index (χ1n) is 8.08. The maximum atomic E-state index is 13.1. The summed E-state index contributed by atoms with van der Waals surface area (Å²) in [5.74, 6) is -0.848. The Kier molecular flexibility index (Phi) is 6.25. The number of quaternary nitrogens is 1. The minimum atomic E-state index is -0.411. The van der Waals surface area contributed by atoms with Gasteiger partial charge in [-0.2, -0.15) is 0 Å². The van der Waals surface area contributed by atoms with E-state index in [-0.39, 0.29) is 24.9 Å². The van der Waals surface area contributed by atoms with Crippen molar-refractivity contribution in [3.05, 3.63) is 59.4 Å². The third-order valence-corrected chi connectivity index (χ3v) is 3.91. The zero-order valence-corrected chi connectivity index (χ0v) is 14.7. The quantitative estimate of drug-likeness (QED) is 0.744. The Bertz CT molecular complexity index is 777. The van der Waals surface area contributed by atoms with Gasteiger partial charge < -0.3 is 15.5 Å². The van der Waals surface area contributed by atoms with Gasteiger partial charge in [0.25, 0.3) is 11.8 Å². The molecule has 0 bridgehead atoms. The van der Waals surface area contributed by atoms with Gasteiger partial charge in [-0.15, -0.1) is 0 Å². The largest absolute Gasteiger partial charge is 0.322 e. The van der Waals surface area contributed by atoms with Crippen molar-refractivity contribution in [1.29, 1.82) is 0 Å². The monoisotopic (exact) mass is 344 g/mol. The van der Waals surface area contributed by atoms with Gasteiger partial charge in [-0.3, -0.25) is 9.59 Å². The second-order valence-electron chi connectivity index (χ2n) is 6.16. The smallest absolute Gasteiger partial charge is 0.279 e. The van der Waals surface area contributed by atoms with Crippen LogP contribution in [0.2, 0.25) is 0 Å². The van der Waals surface area contributed by atoms with E-state index in [2.05, 4.69) is 10.6 Å². The number of rotatable bonds is 6. The van der Waals surface area contributed by atoms with Crippen LogP contribution in [0.15, 0.2) is 42.5 Å². The van der Waals surface area contributed by atoms with Crippen molar-refractivity contribution in [2.75, 3.05) is 30.8 Å². The van der Waals surface area contributed by atoms with E-state index in [1.165, 1.54) is 18.2 Å². The van der Waals surface area contributed by atoms with Gasteiger partial charge in [-0.25, -0.2) is 4.39 Å². The van der Waals surface area contributed by atoms with Crippen molar-refractivity contribution in [2.24, 2.45) is 0 Å². The van der Waals surface area contributed by atoms with E-state index < -0.39 is 5.82 Å². The lowest BCUT2D eigenvalue weighted by atomic mass is 10.1. The number of halogens is 1. The van der Waals surface area contributed by atoms with Crippen LogP contribution in [0.25, 0.3) is 0 Å². The average molecular weight is 344 g/mol. The molecule has 132 valence electrons. The summed E-state index contributed by atoms with van der Waals surface area (Å²) in [7, 11) is 1.76. The van der Waals surface area contributed by atoms with Gasteiger partial charge in [0.2, 0.25) is 0 Å². The lowest BCUT2D eigenvalue weighted by molar-refractivity contribution is -0.862. The molecule has 1 unspecified atom stereocenters. The van der Waals surface area contributed by atoms with Crippen LogP contribution in [0.5, 0.6) is 0 Å². The summed E-state index contributed by atoms with van der Waals surface area (Å²) >= 11 is 0. The van der Waals surface area contributed by atoms with Gasteiger partial charge in [-0.1, -0.05) is 18.2 Å². The van der Waals surface area contributed by atoms with Crippen LogP contribution in [-0.2, 0) is 9.59 Å². The predicted molar refractivity (Wildman–Crippen MR) is 96.2 cm³/mol. The highest BCUT2D eigenvalue weighted by atomic mass is 19.1. The van der Waals surface area contributed by atoms with Gasteiger partial charge in [0.05, 0.1) is 7.05 Å². The molecule has 1 atom stereocenters. The minimum absolute atomic E-state index is 0.108. The van der Waals surface area contributed by atoms with Crippen molar-refractivity contribution in [3.8, 4) is 0 Å². The van der Waals surface area contributed by atoms with E-state index in [1.54, 1.807) is 13.1 Å². The number of hydrogen-bond donors (Lipinski definition) is 3. The molecule has 5 nitrogen and oxygen atoms in total. The Morgan fingerprint density at radius 1 is 1.00 bits per heavy atom. The Morgan fingerprint density at radius 2 is 1.64 bits per heavy atom. The summed E-state index contributed by atoms with van der Waals surface area (Å²) in [6, 6.07) is 11.4. The summed E-state index contributed by atoms with van der Waals surface area (Å²) in [5.41, 5.74) is 3.31. The summed E-state index contributed by atoms with van der Waals surface area (Å²) in [6.07, 6.45) is 0. The Morgan fingerprint density at radius 3 is 2.32 bits per heavy atom. The fourth-order valence-electron chi connectivity index (χ4n) is 2.46. The first-order chi connectivity index (χ1) is 11.8.